The minimum atomic E-state index is 0.358. The van der Waals surface area contributed by atoms with E-state index in [-0.39, 0.29) is 0 Å². The summed E-state index contributed by atoms with van der Waals surface area (Å²) in [7, 11) is 0. The van der Waals surface area contributed by atoms with Gasteiger partial charge in [0.25, 0.3) is 0 Å². The summed E-state index contributed by atoms with van der Waals surface area (Å²) in [6.07, 6.45) is 7.60. The molecule has 0 radical (unpaired) electrons. The fourth-order valence-corrected chi connectivity index (χ4v) is 1.90. The number of hydrogen-bond donors (Lipinski definition) is 1. The highest BCUT2D eigenvalue weighted by atomic mass is 16.2. The van der Waals surface area contributed by atoms with Crippen LogP contribution in [0.1, 0.15) is 45.4 Å². The van der Waals surface area contributed by atoms with Crippen LogP contribution in [-0.2, 0) is 0 Å². The molecule has 0 aromatic carbocycles. The summed E-state index contributed by atoms with van der Waals surface area (Å²) >= 11 is 0. The van der Waals surface area contributed by atoms with Crippen LogP contribution in [0, 0.1) is 5.92 Å². The molecule has 1 aliphatic rings. The van der Waals surface area contributed by atoms with Gasteiger partial charge in [-0.05, 0) is 57.5 Å². The topological polar surface area (TPSA) is 23.5 Å². The number of rotatable bonds is 9. The summed E-state index contributed by atoms with van der Waals surface area (Å²) in [5.41, 5.74) is 0. The lowest BCUT2D eigenvalue weighted by molar-refractivity contribution is 0.245. The molecule has 0 atom stereocenters. The number of unbranched alkanes of at least 4 members (excludes halogenated alkanes) is 2. The Morgan fingerprint density at radius 1 is 1.14 bits per heavy atom. The molecule has 0 aromatic heterocycles. The summed E-state index contributed by atoms with van der Waals surface area (Å²) in [5, 5.41) is 8.68. The van der Waals surface area contributed by atoms with Crippen LogP contribution in [0.2, 0.25) is 0 Å². The second kappa shape index (κ2) is 7.24. The summed E-state index contributed by atoms with van der Waals surface area (Å²) in [5.74, 6) is 1.01. The smallest absolute Gasteiger partial charge is 0.0431 e. The van der Waals surface area contributed by atoms with E-state index < -0.39 is 0 Å². The maximum absolute atomic E-state index is 8.68. The van der Waals surface area contributed by atoms with E-state index in [1.54, 1.807) is 0 Å². The van der Waals surface area contributed by atoms with E-state index >= 15 is 0 Å². The summed E-state index contributed by atoms with van der Waals surface area (Å²) in [6.45, 7) is 6.44. The van der Waals surface area contributed by atoms with Crippen molar-refractivity contribution in [2.24, 2.45) is 5.92 Å². The normalized spacial score (nSPS) is 16.5. The highest BCUT2D eigenvalue weighted by Crippen LogP contribution is 2.29. The number of nitrogens with zero attached hydrogens (tertiary/aromatic N) is 1. The fourth-order valence-electron chi connectivity index (χ4n) is 1.90. The average molecular weight is 199 g/mol. The standard InChI is InChI=1S/C12H25NO/c1-2-8-13(11-12-6-7-12)9-4-3-5-10-14/h12,14H,2-11H2,1H3. The van der Waals surface area contributed by atoms with E-state index in [1.807, 2.05) is 0 Å². The van der Waals surface area contributed by atoms with Crippen LogP contribution in [0.3, 0.4) is 0 Å². The average Bonchev–Trinajstić information content (AvgIpc) is 2.96. The van der Waals surface area contributed by atoms with Crippen molar-refractivity contribution in [1.29, 1.82) is 0 Å². The Morgan fingerprint density at radius 3 is 2.50 bits per heavy atom. The molecule has 0 saturated heterocycles. The van der Waals surface area contributed by atoms with Gasteiger partial charge in [-0.1, -0.05) is 6.92 Å². The highest BCUT2D eigenvalue weighted by Gasteiger charge is 2.23. The maximum Gasteiger partial charge on any atom is 0.0431 e. The van der Waals surface area contributed by atoms with Crippen molar-refractivity contribution in [3.63, 3.8) is 0 Å². The third kappa shape index (κ3) is 5.61. The zero-order valence-corrected chi connectivity index (χ0v) is 9.54. The van der Waals surface area contributed by atoms with Crippen LogP contribution in [0.5, 0.6) is 0 Å². The van der Waals surface area contributed by atoms with Gasteiger partial charge in [0.15, 0.2) is 0 Å². The maximum atomic E-state index is 8.68. The van der Waals surface area contributed by atoms with Gasteiger partial charge < -0.3 is 10.0 Å². The number of aliphatic hydroxyl groups is 1. The van der Waals surface area contributed by atoms with E-state index in [9.17, 15) is 0 Å². The highest BCUT2D eigenvalue weighted by molar-refractivity contribution is 4.77. The monoisotopic (exact) mass is 199 g/mol. The third-order valence-electron chi connectivity index (χ3n) is 2.89. The van der Waals surface area contributed by atoms with E-state index in [1.165, 1.54) is 51.7 Å². The molecule has 1 fully saturated rings. The van der Waals surface area contributed by atoms with E-state index in [0.29, 0.717) is 6.61 Å². The van der Waals surface area contributed by atoms with Gasteiger partial charge in [-0.2, -0.15) is 0 Å². The molecule has 2 nitrogen and oxygen atoms in total. The van der Waals surface area contributed by atoms with Gasteiger partial charge in [-0.15, -0.1) is 0 Å². The van der Waals surface area contributed by atoms with Crippen LogP contribution < -0.4 is 0 Å². The van der Waals surface area contributed by atoms with Crippen molar-refractivity contribution < 1.29 is 5.11 Å². The Kier molecular flexibility index (Phi) is 6.20. The van der Waals surface area contributed by atoms with Crippen LogP contribution >= 0.6 is 0 Å². The first-order valence-corrected chi connectivity index (χ1v) is 6.20. The molecule has 2 heteroatoms. The minimum Gasteiger partial charge on any atom is -0.396 e. The first-order chi connectivity index (χ1) is 6.86. The molecule has 0 amide bonds. The van der Waals surface area contributed by atoms with Gasteiger partial charge in [0.2, 0.25) is 0 Å². The second-order valence-corrected chi connectivity index (χ2v) is 4.53. The number of aliphatic hydroxyl groups excluding tert-OH is 1. The van der Waals surface area contributed by atoms with Crippen LogP contribution in [-0.4, -0.2) is 36.2 Å². The lowest BCUT2D eigenvalue weighted by atomic mass is 10.2. The zero-order chi connectivity index (χ0) is 10.2. The molecule has 1 aliphatic carbocycles. The van der Waals surface area contributed by atoms with Crippen molar-refractivity contribution in [2.75, 3.05) is 26.2 Å². The summed E-state index contributed by atoms with van der Waals surface area (Å²) in [6, 6.07) is 0. The van der Waals surface area contributed by atoms with Gasteiger partial charge in [-0.25, -0.2) is 0 Å². The SMILES string of the molecule is CCCN(CCCCCO)CC1CC1. The molecule has 1 rings (SSSR count). The van der Waals surface area contributed by atoms with E-state index in [2.05, 4.69) is 11.8 Å². The third-order valence-corrected chi connectivity index (χ3v) is 2.89. The summed E-state index contributed by atoms with van der Waals surface area (Å²) < 4.78 is 0. The van der Waals surface area contributed by atoms with Crippen LogP contribution in [0.4, 0.5) is 0 Å². The largest absolute Gasteiger partial charge is 0.396 e. The van der Waals surface area contributed by atoms with E-state index in [4.69, 9.17) is 5.11 Å². The molecule has 0 aliphatic heterocycles. The van der Waals surface area contributed by atoms with Gasteiger partial charge in [0, 0.05) is 13.2 Å². The second-order valence-electron chi connectivity index (χ2n) is 4.53. The number of hydrogen-bond acceptors (Lipinski definition) is 2. The van der Waals surface area contributed by atoms with Gasteiger partial charge in [0.05, 0.1) is 0 Å². The first kappa shape index (κ1) is 12.0. The Labute approximate surface area is 88.3 Å². The molecule has 0 unspecified atom stereocenters. The van der Waals surface area contributed by atoms with Crippen molar-refractivity contribution in [2.45, 2.75) is 45.4 Å². The Bertz CT molecular complexity index is 134. The Balaban J connectivity index is 2.01. The van der Waals surface area contributed by atoms with Crippen molar-refractivity contribution in [1.82, 2.24) is 4.90 Å². The quantitative estimate of drug-likeness (QED) is 0.576. The Morgan fingerprint density at radius 2 is 1.93 bits per heavy atom. The van der Waals surface area contributed by atoms with Crippen molar-refractivity contribution in [3.05, 3.63) is 0 Å². The van der Waals surface area contributed by atoms with Gasteiger partial charge in [-0.3, -0.25) is 0 Å². The Hall–Kier alpha value is -0.0800. The lowest BCUT2D eigenvalue weighted by Gasteiger charge is -2.21. The molecule has 1 N–H and O–H groups in total. The lowest BCUT2D eigenvalue weighted by Crippen LogP contribution is -2.28. The molecular weight excluding hydrogens is 174 g/mol. The molecule has 0 heterocycles. The van der Waals surface area contributed by atoms with Gasteiger partial charge >= 0.3 is 0 Å². The molecule has 84 valence electrons. The van der Waals surface area contributed by atoms with Crippen LogP contribution in [0.15, 0.2) is 0 Å². The molecule has 0 aromatic rings. The molecule has 1 saturated carbocycles. The zero-order valence-electron chi connectivity index (χ0n) is 9.54. The molecule has 0 bridgehead atoms. The van der Waals surface area contributed by atoms with Crippen LogP contribution in [0.25, 0.3) is 0 Å². The fraction of sp³-hybridized carbons (Fsp3) is 1.00. The molecular formula is C12H25NO. The van der Waals surface area contributed by atoms with Crippen molar-refractivity contribution >= 4 is 0 Å². The molecule has 0 spiro atoms. The van der Waals surface area contributed by atoms with E-state index in [0.717, 1.165) is 12.3 Å². The predicted molar refractivity (Wildman–Crippen MR) is 60.4 cm³/mol. The predicted octanol–water partition coefficient (Wildman–Crippen LogP) is 2.27. The first-order valence-electron chi connectivity index (χ1n) is 6.20. The molecule has 14 heavy (non-hydrogen) atoms. The van der Waals surface area contributed by atoms with Gasteiger partial charge in [0.1, 0.15) is 0 Å². The van der Waals surface area contributed by atoms with Crippen molar-refractivity contribution in [3.8, 4) is 0 Å². The summed E-state index contributed by atoms with van der Waals surface area (Å²) in [4.78, 5) is 2.61. The minimum absolute atomic E-state index is 0.358.